The van der Waals surface area contributed by atoms with Crippen LogP contribution in [0, 0.1) is 6.92 Å². The Morgan fingerprint density at radius 3 is 2.50 bits per heavy atom. The molecule has 1 N–H and O–H groups in total. The van der Waals surface area contributed by atoms with E-state index < -0.39 is 10.0 Å². The molecule has 1 aliphatic rings. The van der Waals surface area contributed by atoms with Crippen molar-refractivity contribution < 1.29 is 27.5 Å². The predicted molar refractivity (Wildman–Crippen MR) is 117 cm³/mol. The first-order valence-electron chi connectivity index (χ1n) is 10.2. The van der Waals surface area contributed by atoms with E-state index in [1.165, 1.54) is 22.7 Å². The Balaban J connectivity index is 1.41. The van der Waals surface area contributed by atoms with Crippen molar-refractivity contribution in [1.29, 1.82) is 0 Å². The lowest BCUT2D eigenvalue weighted by Crippen LogP contribution is -2.50. The lowest BCUT2D eigenvalue weighted by Gasteiger charge is -2.33. The van der Waals surface area contributed by atoms with Gasteiger partial charge in [-0.25, -0.2) is 8.42 Å². The quantitative estimate of drug-likeness (QED) is 0.612. The second kappa shape index (κ2) is 9.05. The number of rotatable bonds is 6. The van der Waals surface area contributed by atoms with Crippen LogP contribution in [0.3, 0.4) is 0 Å². The Kier molecular flexibility index (Phi) is 6.20. The van der Waals surface area contributed by atoms with Crippen LogP contribution in [0.15, 0.2) is 70.2 Å². The highest BCUT2D eigenvalue weighted by Crippen LogP contribution is 2.28. The molecule has 0 radical (unpaired) electrons. The Morgan fingerprint density at radius 1 is 1.06 bits per heavy atom. The Morgan fingerprint density at radius 2 is 1.78 bits per heavy atom. The fraction of sp³-hybridized carbons (Fsp3) is 0.261. The number of ether oxygens (including phenoxy) is 1. The molecule has 32 heavy (non-hydrogen) atoms. The number of phenols is 1. The minimum absolute atomic E-state index is 0.122. The van der Waals surface area contributed by atoms with Gasteiger partial charge in [-0.05, 0) is 42.8 Å². The second-order valence-electron chi connectivity index (χ2n) is 7.54. The van der Waals surface area contributed by atoms with E-state index in [0.29, 0.717) is 11.3 Å². The first kappa shape index (κ1) is 21.9. The number of sulfonamides is 1. The summed E-state index contributed by atoms with van der Waals surface area (Å²) in [6.45, 7) is 2.62. The fourth-order valence-electron chi connectivity index (χ4n) is 3.56. The number of piperazine rings is 1. The summed E-state index contributed by atoms with van der Waals surface area (Å²) in [5.41, 5.74) is 1.36. The lowest BCUT2D eigenvalue weighted by molar-refractivity contribution is 0.0662. The highest BCUT2D eigenvalue weighted by molar-refractivity contribution is 7.89. The molecule has 0 saturated carbocycles. The van der Waals surface area contributed by atoms with Crippen LogP contribution in [0.4, 0.5) is 0 Å². The molecule has 1 aromatic heterocycles. The van der Waals surface area contributed by atoms with Crippen molar-refractivity contribution in [2.45, 2.75) is 18.4 Å². The minimum Gasteiger partial charge on any atom is -0.507 e. The van der Waals surface area contributed by atoms with Crippen LogP contribution in [0.25, 0.3) is 0 Å². The molecule has 168 valence electrons. The van der Waals surface area contributed by atoms with Gasteiger partial charge in [-0.1, -0.05) is 24.3 Å². The van der Waals surface area contributed by atoms with Crippen molar-refractivity contribution >= 4 is 15.9 Å². The van der Waals surface area contributed by atoms with E-state index in [0.717, 1.165) is 5.56 Å². The van der Waals surface area contributed by atoms with Gasteiger partial charge in [0.2, 0.25) is 10.0 Å². The Hall–Kier alpha value is -3.30. The number of hydrogen-bond acceptors (Lipinski definition) is 6. The number of carbonyl (C=O) groups excluding carboxylic acids is 1. The van der Waals surface area contributed by atoms with Gasteiger partial charge in [-0.15, -0.1) is 0 Å². The summed E-state index contributed by atoms with van der Waals surface area (Å²) >= 11 is 0. The number of aryl methyl sites for hydroxylation is 1. The van der Waals surface area contributed by atoms with Crippen molar-refractivity contribution in [2.24, 2.45) is 0 Å². The van der Waals surface area contributed by atoms with Gasteiger partial charge in [0.1, 0.15) is 23.0 Å². The van der Waals surface area contributed by atoms with Gasteiger partial charge in [0.05, 0.1) is 6.26 Å². The summed E-state index contributed by atoms with van der Waals surface area (Å²) in [6.07, 6.45) is 1.44. The molecule has 3 aromatic rings. The Bertz CT molecular complexity index is 1200. The summed E-state index contributed by atoms with van der Waals surface area (Å²) in [7, 11) is -3.86. The number of hydrogen-bond donors (Lipinski definition) is 1. The van der Waals surface area contributed by atoms with Crippen LogP contribution in [0.5, 0.6) is 11.5 Å². The number of phenolic OH excluding ortho intramolecular Hbond substituents is 1. The number of aromatic hydroxyl groups is 1. The zero-order valence-corrected chi connectivity index (χ0v) is 18.4. The van der Waals surface area contributed by atoms with Crippen molar-refractivity contribution in [3.05, 3.63) is 77.7 Å². The molecule has 8 nitrogen and oxygen atoms in total. The van der Waals surface area contributed by atoms with Crippen LogP contribution < -0.4 is 4.74 Å². The van der Waals surface area contributed by atoms with Crippen molar-refractivity contribution in [1.82, 2.24) is 9.21 Å². The summed E-state index contributed by atoms with van der Waals surface area (Å²) in [5, 5.41) is 10.0. The first-order chi connectivity index (χ1) is 15.4. The lowest BCUT2D eigenvalue weighted by atomic mass is 10.2. The Labute approximate surface area is 186 Å². The molecule has 0 spiro atoms. The van der Waals surface area contributed by atoms with Crippen LogP contribution >= 0.6 is 0 Å². The number of benzene rings is 2. The normalized spacial score (nSPS) is 15.0. The third-order valence-electron chi connectivity index (χ3n) is 5.34. The number of para-hydroxylation sites is 1. The fourth-order valence-corrected chi connectivity index (χ4v) is 5.15. The van der Waals surface area contributed by atoms with E-state index >= 15 is 0 Å². The maximum Gasteiger partial charge on any atom is 0.290 e. The van der Waals surface area contributed by atoms with Crippen LogP contribution in [-0.4, -0.2) is 54.8 Å². The molecule has 0 bridgehead atoms. The smallest absolute Gasteiger partial charge is 0.290 e. The predicted octanol–water partition coefficient (Wildman–Crippen LogP) is 3.02. The molecule has 1 saturated heterocycles. The molecule has 2 aromatic carbocycles. The third kappa shape index (κ3) is 4.49. The SMILES string of the molecule is Cc1ccc(O)c(S(=O)(=O)N2CCN(C(=O)c3occc3COc3ccccc3)CC2)c1. The topological polar surface area (TPSA) is 100 Å². The van der Waals surface area contributed by atoms with Crippen molar-refractivity contribution in [2.75, 3.05) is 26.2 Å². The summed E-state index contributed by atoms with van der Waals surface area (Å²) < 4.78 is 38.4. The van der Waals surface area contributed by atoms with Crippen LogP contribution in [0.1, 0.15) is 21.7 Å². The molecule has 0 unspecified atom stereocenters. The first-order valence-corrected chi connectivity index (χ1v) is 11.6. The van der Waals surface area contributed by atoms with Crippen LogP contribution in [-0.2, 0) is 16.6 Å². The number of furan rings is 1. The van der Waals surface area contributed by atoms with E-state index in [4.69, 9.17) is 9.15 Å². The molecule has 4 rings (SSSR count). The summed E-state index contributed by atoms with van der Waals surface area (Å²) in [6, 6.07) is 15.4. The number of amides is 1. The monoisotopic (exact) mass is 456 g/mol. The van der Waals surface area contributed by atoms with E-state index in [2.05, 4.69) is 0 Å². The molecule has 1 aliphatic heterocycles. The summed E-state index contributed by atoms with van der Waals surface area (Å²) in [5.74, 6) is 0.281. The van der Waals surface area contributed by atoms with E-state index in [1.807, 2.05) is 30.3 Å². The molecule has 1 fully saturated rings. The molecular weight excluding hydrogens is 432 g/mol. The highest BCUT2D eigenvalue weighted by atomic mass is 32.2. The molecule has 0 aliphatic carbocycles. The van der Waals surface area contributed by atoms with Gasteiger partial charge >= 0.3 is 0 Å². The third-order valence-corrected chi connectivity index (χ3v) is 7.27. The highest BCUT2D eigenvalue weighted by Gasteiger charge is 2.33. The minimum atomic E-state index is -3.86. The van der Waals surface area contributed by atoms with Gasteiger partial charge in [-0.2, -0.15) is 4.31 Å². The van der Waals surface area contributed by atoms with Gasteiger partial charge in [-0.3, -0.25) is 4.79 Å². The zero-order chi connectivity index (χ0) is 22.7. The molecule has 1 amide bonds. The van der Waals surface area contributed by atoms with E-state index in [9.17, 15) is 18.3 Å². The largest absolute Gasteiger partial charge is 0.507 e. The van der Waals surface area contributed by atoms with Gasteiger partial charge < -0.3 is 19.2 Å². The average molecular weight is 457 g/mol. The zero-order valence-electron chi connectivity index (χ0n) is 17.6. The standard InChI is InChI=1S/C23H24N2O6S/c1-17-7-8-20(26)21(15-17)32(28,29)25-12-10-24(11-13-25)23(27)22-18(9-14-30-22)16-31-19-5-3-2-4-6-19/h2-9,14-15,26H,10-13,16H2,1H3. The van der Waals surface area contributed by atoms with E-state index in [1.54, 1.807) is 24.0 Å². The molecule has 9 heteroatoms. The maximum atomic E-state index is 13.0. The second-order valence-corrected chi connectivity index (χ2v) is 9.45. The molecular formula is C23H24N2O6S. The van der Waals surface area contributed by atoms with Gasteiger partial charge in [0, 0.05) is 31.7 Å². The van der Waals surface area contributed by atoms with Gasteiger partial charge in [0.15, 0.2) is 5.76 Å². The number of nitrogens with zero attached hydrogens (tertiary/aromatic N) is 2. The molecule has 2 heterocycles. The van der Waals surface area contributed by atoms with Gasteiger partial charge in [0.25, 0.3) is 5.91 Å². The average Bonchev–Trinajstić information content (AvgIpc) is 3.28. The van der Waals surface area contributed by atoms with E-state index in [-0.39, 0.29) is 55.1 Å². The number of carbonyl (C=O) groups is 1. The van der Waals surface area contributed by atoms with Crippen molar-refractivity contribution in [3.63, 3.8) is 0 Å². The molecule has 0 atom stereocenters. The maximum absolute atomic E-state index is 13.0. The van der Waals surface area contributed by atoms with Crippen molar-refractivity contribution in [3.8, 4) is 11.5 Å². The van der Waals surface area contributed by atoms with Crippen LogP contribution in [0.2, 0.25) is 0 Å². The summed E-state index contributed by atoms with van der Waals surface area (Å²) in [4.78, 5) is 14.4.